The Morgan fingerprint density at radius 3 is 2.69 bits per heavy atom. The number of imidazole rings is 1. The van der Waals surface area contributed by atoms with Crippen molar-refractivity contribution in [3.8, 4) is 6.07 Å². The van der Waals surface area contributed by atoms with Gasteiger partial charge in [-0.1, -0.05) is 11.5 Å². The van der Waals surface area contributed by atoms with Crippen molar-refractivity contribution in [1.29, 1.82) is 10.7 Å². The van der Waals surface area contributed by atoms with E-state index >= 15 is 0 Å². The summed E-state index contributed by atoms with van der Waals surface area (Å²) in [7, 11) is 0. The van der Waals surface area contributed by atoms with Crippen molar-refractivity contribution >= 4 is 23.3 Å². The lowest BCUT2D eigenvalue weighted by Crippen LogP contribution is -2.42. The summed E-state index contributed by atoms with van der Waals surface area (Å²) in [4.78, 5) is 20.2. The minimum absolute atomic E-state index is 0.0771. The van der Waals surface area contributed by atoms with E-state index < -0.39 is 0 Å². The van der Waals surface area contributed by atoms with Crippen LogP contribution in [0.5, 0.6) is 0 Å². The van der Waals surface area contributed by atoms with Crippen LogP contribution in [0.3, 0.4) is 0 Å². The molecule has 0 saturated carbocycles. The molecule has 1 aromatic carbocycles. The van der Waals surface area contributed by atoms with Gasteiger partial charge in [0.05, 0.1) is 36.4 Å². The summed E-state index contributed by atoms with van der Waals surface area (Å²) in [6, 6.07) is 10.4. The second kappa shape index (κ2) is 11.6. The zero-order chi connectivity index (χ0) is 22.8. The van der Waals surface area contributed by atoms with Crippen LogP contribution in [0.4, 0.5) is 5.69 Å². The number of nitrogens with zero attached hydrogens (tertiary/aromatic N) is 5. The van der Waals surface area contributed by atoms with Gasteiger partial charge in [0.25, 0.3) is 0 Å². The van der Waals surface area contributed by atoms with Crippen molar-refractivity contribution in [2.24, 2.45) is 10.8 Å². The third-order valence-electron chi connectivity index (χ3n) is 5.34. The number of anilines is 1. The number of aryl methyl sites for hydroxylation is 1. The van der Waals surface area contributed by atoms with Gasteiger partial charge in [-0.05, 0) is 37.1 Å². The number of hydrogen-bond acceptors (Lipinski definition) is 7. The number of nitriles is 1. The number of nitrogens with two attached hydrogens (primary N) is 1. The highest BCUT2D eigenvalue weighted by molar-refractivity contribution is 6.04. The first kappa shape index (κ1) is 22.9. The van der Waals surface area contributed by atoms with Crippen molar-refractivity contribution in [2.75, 3.05) is 37.6 Å². The first-order valence-corrected chi connectivity index (χ1v) is 10.6. The minimum atomic E-state index is -0.0771. The smallest absolute Gasteiger partial charge is 0.303 e. The van der Waals surface area contributed by atoms with E-state index in [4.69, 9.17) is 11.1 Å². The molecular formula is C22H28N9O+. The maximum atomic E-state index is 11.2. The monoisotopic (exact) mass is 434 g/mol. The number of hydrazone groups is 1. The molecule has 1 aromatic heterocycles. The van der Waals surface area contributed by atoms with Crippen LogP contribution in [-0.4, -0.2) is 64.9 Å². The van der Waals surface area contributed by atoms with E-state index in [9.17, 15) is 10.1 Å². The highest BCUT2D eigenvalue weighted by Crippen LogP contribution is 2.24. The van der Waals surface area contributed by atoms with Gasteiger partial charge in [-0.2, -0.15) is 10.4 Å². The van der Waals surface area contributed by atoms with Crippen molar-refractivity contribution in [3.05, 3.63) is 47.5 Å². The lowest BCUT2D eigenvalue weighted by atomic mass is 10.0. The van der Waals surface area contributed by atoms with Crippen LogP contribution in [0.2, 0.25) is 0 Å². The summed E-state index contributed by atoms with van der Waals surface area (Å²) in [5.41, 5.74) is 12.1. The number of rotatable bonds is 5. The van der Waals surface area contributed by atoms with Crippen molar-refractivity contribution in [3.63, 3.8) is 0 Å². The number of carbonyl (C=O) groups excluding carboxylic acids is 1. The van der Waals surface area contributed by atoms with Crippen molar-refractivity contribution in [1.82, 2.24) is 15.4 Å². The first-order valence-electron chi connectivity index (χ1n) is 10.6. The van der Waals surface area contributed by atoms with Gasteiger partial charge in [0.15, 0.2) is 0 Å². The van der Waals surface area contributed by atoms with Gasteiger partial charge in [-0.15, -0.1) is 0 Å². The molecule has 3 heterocycles. The summed E-state index contributed by atoms with van der Waals surface area (Å²) in [6.45, 7) is 3.73. The largest absolute Gasteiger partial charge is 0.363 e. The van der Waals surface area contributed by atoms with Gasteiger partial charge in [-0.3, -0.25) is 4.79 Å². The number of nitrogens with one attached hydrogen (secondary N) is 3. The Morgan fingerprint density at radius 1 is 1.28 bits per heavy atom. The maximum absolute atomic E-state index is 11.2. The summed E-state index contributed by atoms with van der Waals surface area (Å²) in [5, 5.41) is 20.7. The molecule has 1 amide bonds. The Hall–Kier alpha value is -3.80. The molecule has 0 atom stereocenters. The number of hydrogen-bond donors (Lipinski definition) is 4. The van der Waals surface area contributed by atoms with Crippen LogP contribution in [-0.2, 0) is 11.2 Å². The molecule has 10 nitrogen and oxygen atoms in total. The third kappa shape index (κ3) is 6.11. The molecule has 0 bridgehead atoms. The zero-order valence-corrected chi connectivity index (χ0v) is 18.0. The van der Waals surface area contributed by atoms with Crippen LogP contribution >= 0.6 is 0 Å². The van der Waals surface area contributed by atoms with Gasteiger partial charge in [-0.25, -0.2) is 15.0 Å². The second-order valence-corrected chi connectivity index (χ2v) is 7.49. The van der Waals surface area contributed by atoms with Crippen LogP contribution in [0.1, 0.15) is 36.1 Å². The highest BCUT2D eigenvalue weighted by atomic mass is 16.2. The molecule has 2 aromatic rings. The minimum Gasteiger partial charge on any atom is -0.363 e. The van der Waals surface area contributed by atoms with Crippen LogP contribution in [0.15, 0.2) is 35.8 Å². The normalized spacial score (nSPS) is 15.6. The van der Waals surface area contributed by atoms with Gasteiger partial charge in [0.2, 0.25) is 5.91 Å². The van der Waals surface area contributed by atoms with Gasteiger partial charge < -0.3 is 15.6 Å². The van der Waals surface area contributed by atoms with Gasteiger partial charge >= 0.3 is 6.01 Å². The Balaban J connectivity index is 0.000000269. The SMILES string of the molecule is N#Cc1cc(C2=NNC(=O)CC2)ccc1N1CC[N+](=C=N)CC1.NCCCc1cnc[nH]1. The zero-order valence-electron chi connectivity index (χ0n) is 18.0. The number of amides is 1. The molecule has 0 aliphatic carbocycles. The Morgan fingerprint density at radius 2 is 2.09 bits per heavy atom. The van der Waals surface area contributed by atoms with Crippen LogP contribution in [0, 0.1) is 16.7 Å². The van der Waals surface area contributed by atoms with Gasteiger partial charge in [0.1, 0.15) is 19.2 Å². The highest BCUT2D eigenvalue weighted by Gasteiger charge is 2.20. The summed E-state index contributed by atoms with van der Waals surface area (Å²) in [6.07, 6.45) is 6.56. The molecule has 4 rings (SSSR count). The molecule has 1 fully saturated rings. The van der Waals surface area contributed by atoms with Crippen molar-refractivity contribution < 1.29 is 9.37 Å². The predicted molar refractivity (Wildman–Crippen MR) is 121 cm³/mol. The number of piperazine rings is 1. The van der Waals surface area contributed by atoms with Gasteiger partial charge in [0, 0.05) is 24.7 Å². The fourth-order valence-electron chi connectivity index (χ4n) is 3.54. The molecule has 0 spiro atoms. The Labute approximate surface area is 187 Å². The number of aromatic amines is 1. The number of H-pyrrole nitrogens is 1. The average molecular weight is 435 g/mol. The fraction of sp³-hybridized carbons (Fsp3) is 0.409. The van der Waals surface area contributed by atoms with E-state index in [0.29, 0.717) is 18.4 Å². The number of benzene rings is 1. The number of aromatic nitrogens is 2. The molecule has 10 heteroatoms. The quantitative estimate of drug-likeness (QED) is 0.410. The molecule has 2 aliphatic heterocycles. The van der Waals surface area contributed by atoms with E-state index in [-0.39, 0.29) is 5.91 Å². The fourth-order valence-corrected chi connectivity index (χ4v) is 3.54. The van der Waals surface area contributed by atoms with E-state index in [1.165, 1.54) is 5.69 Å². The summed E-state index contributed by atoms with van der Waals surface area (Å²) < 4.78 is 1.83. The van der Waals surface area contributed by atoms with E-state index in [0.717, 1.165) is 62.5 Å². The first-order chi connectivity index (χ1) is 15.6. The number of carbonyl (C=O) groups is 1. The maximum Gasteiger partial charge on any atom is 0.303 e. The average Bonchev–Trinajstić information content (AvgIpc) is 3.37. The van der Waals surface area contributed by atoms with Crippen LogP contribution < -0.4 is 16.1 Å². The summed E-state index contributed by atoms with van der Waals surface area (Å²) >= 11 is 0. The lowest BCUT2D eigenvalue weighted by molar-refractivity contribution is -0.523. The van der Waals surface area contributed by atoms with E-state index in [1.54, 1.807) is 6.33 Å². The second-order valence-electron chi connectivity index (χ2n) is 7.49. The molecule has 2 aliphatic rings. The van der Waals surface area contributed by atoms with Crippen molar-refractivity contribution in [2.45, 2.75) is 25.7 Å². The lowest BCUT2D eigenvalue weighted by Gasteiger charge is -2.29. The van der Waals surface area contributed by atoms with E-state index in [1.807, 2.05) is 29.0 Å². The van der Waals surface area contributed by atoms with E-state index in [2.05, 4.69) is 37.5 Å². The van der Waals surface area contributed by atoms with Crippen LogP contribution in [0.25, 0.3) is 0 Å². The summed E-state index contributed by atoms with van der Waals surface area (Å²) in [5.74, 6) is -0.0771. The molecule has 5 N–H and O–H groups in total. The predicted octanol–water partition coefficient (Wildman–Crippen LogP) is 1.06. The molecule has 1 saturated heterocycles. The molecule has 0 unspecified atom stereocenters. The molecule has 32 heavy (non-hydrogen) atoms. The molecule has 166 valence electrons. The standard InChI is InChI=1S/C16H16N6O.C6H11N3/c17-10-13-9-12(14-2-4-16(23)20-19-14)1-3-15(13)22-7-5-21(11-18)6-8-22;7-3-1-2-6-4-8-5-9-6/h1,3,9,18H,2,4-8H2;4-5H,1-3,7H2,(H,8,9)/p+1. The third-order valence-corrected chi connectivity index (χ3v) is 5.34. The Bertz CT molecular complexity index is 1040. The molecule has 0 radical (unpaired) electrons. The Kier molecular flexibility index (Phi) is 8.26. The molecular weight excluding hydrogens is 406 g/mol. The topological polar surface area (TPSA) is 150 Å².